The number of carbonyl (C=O) groups is 2. The van der Waals surface area contributed by atoms with Gasteiger partial charge in [0.25, 0.3) is 5.91 Å². The molecule has 2 amide bonds. The topological polar surface area (TPSA) is 78.4 Å². The number of carbonyl (C=O) groups excluding carboxylic acids is 2. The molecule has 154 valence electrons. The number of benzene rings is 3. The van der Waals surface area contributed by atoms with Crippen LogP contribution in [0.2, 0.25) is 0 Å². The van der Waals surface area contributed by atoms with E-state index in [1.54, 1.807) is 24.3 Å². The molecule has 0 radical (unpaired) electrons. The highest BCUT2D eigenvalue weighted by atomic mass is 16.3. The van der Waals surface area contributed by atoms with Crippen molar-refractivity contribution in [2.45, 2.75) is 24.9 Å². The predicted molar refractivity (Wildman–Crippen MR) is 117 cm³/mol. The van der Waals surface area contributed by atoms with Crippen molar-refractivity contribution in [2.24, 2.45) is 0 Å². The van der Waals surface area contributed by atoms with Crippen LogP contribution in [0.25, 0.3) is 0 Å². The molecule has 2 atom stereocenters. The van der Waals surface area contributed by atoms with E-state index in [9.17, 15) is 14.7 Å². The molecule has 0 fully saturated rings. The van der Waals surface area contributed by atoms with Crippen LogP contribution in [0.15, 0.2) is 91.0 Å². The van der Waals surface area contributed by atoms with E-state index >= 15 is 0 Å². The SMILES string of the molecule is O=C(N[C@@H](Cc1ccccc1)C(=O)N[C@H](CO)Cc1ccccc1)c1ccccc1. The van der Waals surface area contributed by atoms with Crippen LogP contribution in [0, 0.1) is 0 Å². The molecule has 3 N–H and O–H groups in total. The number of aliphatic hydroxyl groups is 1. The van der Waals surface area contributed by atoms with Crippen LogP contribution in [0.5, 0.6) is 0 Å². The van der Waals surface area contributed by atoms with Gasteiger partial charge in [0.05, 0.1) is 12.6 Å². The standard InChI is InChI=1S/C25H26N2O3/c28-18-22(16-19-10-4-1-5-11-19)26-25(30)23(17-20-12-6-2-7-13-20)27-24(29)21-14-8-3-9-15-21/h1-15,22-23,28H,16-18H2,(H,26,30)(H,27,29)/t22-,23-/m0/s1. The summed E-state index contributed by atoms with van der Waals surface area (Å²) in [5, 5.41) is 15.5. The molecule has 0 spiro atoms. The Hall–Kier alpha value is -3.44. The highest BCUT2D eigenvalue weighted by molar-refractivity contribution is 5.97. The van der Waals surface area contributed by atoms with E-state index in [4.69, 9.17) is 0 Å². The number of hydrogen-bond donors (Lipinski definition) is 3. The summed E-state index contributed by atoms with van der Waals surface area (Å²) in [7, 11) is 0. The van der Waals surface area contributed by atoms with Crippen molar-refractivity contribution in [1.29, 1.82) is 0 Å². The lowest BCUT2D eigenvalue weighted by molar-refractivity contribution is -0.124. The highest BCUT2D eigenvalue weighted by Crippen LogP contribution is 2.08. The second kappa shape index (κ2) is 10.9. The second-order valence-electron chi connectivity index (χ2n) is 7.16. The van der Waals surface area contributed by atoms with E-state index in [2.05, 4.69) is 10.6 Å². The van der Waals surface area contributed by atoms with Crippen molar-refractivity contribution in [2.75, 3.05) is 6.61 Å². The Morgan fingerprint density at radius 3 is 1.73 bits per heavy atom. The molecule has 0 heterocycles. The maximum atomic E-state index is 13.0. The quantitative estimate of drug-likeness (QED) is 0.515. The fourth-order valence-corrected chi connectivity index (χ4v) is 3.25. The van der Waals surface area contributed by atoms with Crippen molar-refractivity contribution in [3.63, 3.8) is 0 Å². The maximum Gasteiger partial charge on any atom is 0.251 e. The van der Waals surface area contributed by atoms with Gasteiger partial charge in [0.15, 0.2) is 0 Å². The molecule has 0 aliphatic carbocycles. The van der Waals surface area contributed by atoms with Gasteiger partial charge in [-0.25, -0.2) is 0 Å². The summed E-state index contributed by atoms with van der Waals surface area (Å²) in [5.41, 5.74) is 2.45. The summed E-state index contributed by atoms with van der Waals surface area (Å²) in [6, 6.07) is 26.8. The molecule has 0 unspecified atom stereocenters. The van der Waals surface area contributed by atoms with Gasteiger partial charge in [0.2, 0.25) is 5.91 Å². The van der Waals surface area contributed by atoms with E-state index in [-0.39, 0.29) is 18.4 Å². The molecule has 5 nitrogen and oxygen atoms in total. The minimum Gasteiger partial charge on any atom is -0.394 e. The van der Waals surface area contributed by atoms with Gasteiger partial charge in [-0.3, -0.25) is 9.59 Å². The molecule has 3 aromatic rings. The van der Waals surface area contributed by atoms with Crippen LogP contribution in [-0.4, -0.2) is 35.6 Å². The van der Waals surface area contributed by atoms with Crippen molar-refractivity contribution >= 4 is 11.8 Å². The Morgan fingerprint density at radius 2 is 1.20 bits per heavy atom. The summed E-state index contributed by atoms with van der Waals surface area (Å²) >= 11 is 0. The van der Waals surface area contributed by atoms with Crippen molar-refractivity contribution in [3.05, 3.63) is 108 Å². The van der Waals surface area contributed by atoms with Crippen molar-refractivity contribution in [3.8, 4) is 0 Å². The Kier molecular flexibility index (Phi) is 7.75. The number of hydrogen-bond acceptors (Lipinski definition) is 3. The number of aliphatic hydroxyl groups excluding tert-OH is 1. The van der Waals surface area contributed by atoms with Gasteiger partial charge in [-0.2, -0.15) is 0 Å². The van der Waals surface area contributed by atoms with Gasteiger partial charge in [0.1, 0.15) is 6.04 Å². The molecule has 3 rings (SSSR count). The largest absolute Gasteiger partial charge is 0.394 e. The summed E-state index contributed by atoms with van der Waals surface area (Å²) < 4.78 is 0. The number of nitrogens with one attached hydrogen (secondary N) is 2. The van der Waals surface area contributed by atoms with Crippen molar-refractivity contribution < 1.29 is 14.7 Å². The fourth-order valence-electron chi connectivity index (χ4n) is 3.25. The monoisotopic (exact) mass is 402 g/mol. The van der Waals surface area contributed by atoms with Crippen LogP contribution >= 0.6 is 0 Å². The second-order valence-corrected chi connectivity index (χ2v) is 7.16. The summed E-state index contributed by atoms with van der Waals surface area (Å²) in [4.78, 5) is 25.7. The average Bonchev–Trinajstić information content (AvgIpc) is 2.80. The molecular formula is C25H26N2O3. The molecule has 0 saturated heterocycles. The molecule has 0 saturated carbocycles. The van der Waals surface area contributed by atoms with Crippen LogP contribution in [0.3, 0.4) is 0 Å². The Balaban J connectivity index is 1.72. The lowest BCUT2D eigenvalue weighted by Gasteiger charge is -2.23. The van der Waals surface area contributed by atoms with Crippen LogP contribution in [0.4, 0.5) is 0 Å². The third-order valence-electron chi connectivity index (χ3n) is 4.83. The molecule has 0 bridgehead atoms. The van der Waals surface area contributed by atoms with Gasteiger partial charge in [-0.15, -0.1) is 0 Å². The average molecular weight is 402 g/mol. The van der Waals surface area contributed by atoms with E-state index in [1.165, 1.54) is 0 Å². The zero-order valence-corrected chi connectivity index (χ0v) is 16.7. The van der Waals surface area contributed by atoms with Gasteiger partial charge in [-0.05, 0) is 29.7 Å². The normalized spacial score (nSPS) is 12.6. The first-order valence-corrected chi connectivity index (χ1v) is 10.0. The Morgan fingerprint density at radius 1 is 0.700 bits per heavy atom. The Bertz CT molecular complexity index is 930. The van der Waals surface area contributed by atoms with Crippen LogP contribution < -0.4 is 10.6 Å². The first-order chi connectivity index (χ1) is 14.7. The first kappa shape index (κ1) is 21.3. The third-order valence-corrected chi connectivity index (χ3v) is 4.83. The van der Waals surface area contributed by atoms with Gasteiger partial charge in [0, 0.05) is 12.0 Å². The highest BCUT2D eigenvalue weighted by Gasteiger charge is 2.24. The van der Waals surface area contributed by atoms with E-state index in [0.29, 0.717) is 18.4 Å². The lowest BCUT2D eigenvalue weighted by Crippen LogP contribution is -2.52. The van der Waals surface area contributed by atoms with E-state index in [1.807, 2.05) is 66.7 Å². The van der Waals surface area contributed by atoms with E-state index < -0.39 is 12.1 Å². The van der Waals surface area contributed by atoms with Crippen molar-refractivity contribution in [1.82, 2.24) is 10.6 Å². The minimum absolute atomic E-state index is 0.189. The summed E-state index contributed by atoms with van der Waals surface area (Å²) in [6.45, 7) is -0.189. The molecule has 30 heavy (non-hydrogen) atoms. The predicted octanol–water partition coefficient (Wildman–Crippen LogP) is 2.75. The van der Waals surface area contributed by atoms with E-state index in [0.717, 1.165) is 11.1 Å². The molecule has 0 aromatic heterocycles. The Labute approximate surface area is 176 Å². The van der Waals surface area contributed by atoms with Crippen LogP contribution in [-0.2, 0) is 17.6 Å². The summed E-state index contributed by atoms with van der Waals surface area (Å²) in [5.74, 6) is -0.631. The smallest absolute Gasteiger partial charge is 0.251 e. The minimum atomic E-state index is -0.759. The molecule has 3 aromatic carbocycles. The van der Waals surface area contributed by atoms with Gasteiger partial charge < -0.3 is 15.7 Å². The molecule has 5 heteroatoms. The van der Waals surface area contributed by atoms with Crippen LogP contribution in [0.1, 0.15) is 21.5 Å². The zero-order chi connectivity index (χ0) is 21.2. The molecule has 0 aliphatic rings. The fraction of sp³-hybridized carbons (Fsp3) is 0.200. The third kappa shape index (κ3) is 6.29. The lowest BCUT2D eigenvalue weighted by atomic mass is 10.0. The maximum absolute atomic E-state index is 13.0. The number of rotatable bonds is 9. The van der Waals surface area contributed by atoms with Gasteiger partial charge in [-0.1, -0.05) is 78.9 Å². The first-order valence-electron chi connectivity index (χ1n) is 10.0. The van der Waals surface area contributed by atoms with Gasteiger partial charge >= 0.3 is 0 Å². The zero-order valence-electron chi connectivity index (χ0n) is 16.7. The molecule has 0 aliphatic heterocycles. The summed E-state index contributed by atoms with van der Waals surface area (Å²) in [6.07, 6.45) is 0.864. The number of amides is 2. The molecular weight excluding hydrogens is 376 g/mol.